The van der Waals surface area contributed by atoms with Gasteiger partial charge in [-0.25, -0.2) is 0 Å². The van der Waals surface area contributed by atoms with Crippen LogP contribution in [0.15, 0.2) is 12.2 Å². The van der Waals surface area contributed by atoms with E-state index >= 15 is 0 Å². The summed E-state index contributed by atoms with van der Waals surface area (Å²) in [5.74, 6) is -1.16. The van der Waals surface area contributed by atoms with Crippen LogP contribution in [0, 0.1) is 5.41 Å². The van der Waals surface area contributed by atoms with Gasteiger partial charge in [0.25, 0.3) is 0 Å². The minimum absolute atomic E-state index is 0.389. The second-order valence-electron chi connectivity index (χ2n) is 5.46. The zero-order chi connectivity index (χ0) is 12.7. The zero-order valence-corrected chi connectivity index (χ0v) is 11.2. The van der Waals surface area contributed by atoms with Gasteiger partial charge in [-0.15, -0.1) is 0 Å². The standard InChI is InChI=1S/C14H22O4/c1-3-5-12(2)13(15-8-9-16-13)6-4-7-14(12)17-10-11-18-14/h3,5H,4,6-11H2,1-2H3/b5-3+. The van der Waals surface area contributed by atoms with Crippen molar-refractivity contribution in [1.82, 2.24) is 0 Å². The van der Waals surface area contributed by atoms with E-state index in [-0.39, 0.29) is 5.41 Å². The Balaban J connectivity index is 2.05. The maximum atomic E-state index is 6.00. The van der Waals surface area contributed by atoms with E-state index in [4.69, 9.17) is 18.9 Å². The van der Waals surface area contributed by atoms with Crippen LogP contribution in [0.2, 0.25) is 0 Å². The fourth-order valence-electron chi connectivity index (χ4n) is 3.75. The van der Waals surface area contributed by atoms with Gasteiger partial charge >= 0.3 is 0 Å². The fourth-order valence-corrected chi connectivity index (χ4v) is 3.75. The molecule has 0 N–H and O–H groups in total. The molecule has 3 aliphatic rings. The smallest absolute Gasteiger partial charge is 0.182 e. The Morgan fingerprint density at radius 2 is 1.28 bits per heavy atom. The molecular formula is C14H22O4. The molecule has 2 saturated heterocycles. The molecule has 0 atom stereocenters. The predicted octanol–water partition coefficient (Wildman–Crippen LogP) is 2.24. The third-order valence-corrected chi connectivity index (χ3v) is 4.60. The highest BCUT2D eigenvalue weighted by Gasteiger charge is 2.67. The second kappa shape index (κ2) is 4.30. The van der Waals surface area contributed by atoms with Gasteiger partial charge in [0.05, 0.1) is 31.8 Å². The van der Waals surface area contributed by atoms with Crippen LogP contribution < -0.4 is 0 Å². The third kappa shape index (κ3) is 1.46. The van der Waals surface area contributed by atoms with Gasteiger partial charge in [0.15, 0.2) is 11.6 Å². The maximum absolute atomic E-state index is 6.00. The number of rotatable bonds is 1. The highest BCUT2D eigenvalue weighted by atomic mass is 16.8. The molecule has 0 aromatic rings. The van der Waals surface area contributed by atoms with Gasteiger partial charge in [0.1, 0.15) is 0 Å². The van der Waals surface area contributed by atoms with Crippen LogP contribution in [0.25, 0.3) is 0 Å². The lowest BCUT2D eigenvalue weighted by atomic mass is 9.65. The SMILES string of the molecule is C/C=C/C1(C)C2(CCCC13OCCO3)OCCO2. The van der Waals surface area contributed by atoms with Crippen LogP contribution in [-0.2, 0) is 18.9 Å². The monoisotopic (exact) mass is 254 g/mol. The summed E-state index contributed by atoms with van der Waals surface area (Å²) in [5.41, 5.74) is -0.389. The summed E-state index contributed by atoms with van der Waals surface area (Å²) in [4.78, 5) is 0. The van der Waals surface area contributed by atoms with Crippen molar-refractivity contribution in [1.29, 1.82) is 0 Å². The van der Waals surface area contributed by atoms with E-state index in [9.17, 15) is 0 Å². The van der Waals surface area contributed by atoms with Crippen LogP contribution in [0.3, 0.4) is 0 Å². The van der Waals surface area contributed by atoms with Gasteiger partial charge in [-0.1, -0.05) is 12.2 Å². The van der Waals surface area contributed by atoms with E-state index < -0.39 is 11.6 Å². The predicted molar refractivity (Wildman–Crippen MR) is 66.0 cm³/mol. The van der Waals surface area contributed by atoms with Gasteiger partial charge < -0.3 is 18.9 Å². The second-order valence-corrected chi connectivity index (χ2v) is 5.46. The topological polar surface area (TPSA) is 36.9 Å². The van der Waals surface area contributed by atoms with Crippen molar-refractivity contribution >= 4 is 0 Å². The average Bonchev–Trinajstić information content (AvgIpc) is 2.98. The molecule has 0 aromatic carbocycles. The molecule has 2 spiro atoms. The Morgan fingerprint density at radius 1 is 0.833 bits per heavy atom. The quantitative estimate of drug-likeness (QED) is 0.672. The van der Waals surface area contributed by atoms with Crippen LogP contribution in [0.5, 0.6) is 0 Å². The molecule has 4 heteroatoms. The first-order valence-corrected chi connectivity index (χ1v) is 6.88. The van der Waals surface area contributed by atoms with E-state index in [0.717, 1.165) is 19.3 Å². The number of ether oxygens (including phenoxy) is 4. The van der Waals surface area contributed by atoms with Gasteiger partial charge in [-0.3, -0.25) is 0 Å². The molecular weight excluding hydrogens is 232 g/mol. The summed E-state index contributed by atoms with van der Waals surface area (Å²) in [5, 5.41) is 0. The lowest BCUT2D eigenvalue weighted by molar-refractivity contribution is -0.344. The first-order chi connectivity index (χ1) is 8.68. The van der Waals surface area contributed by atoms with Crippen molar-refractivity contribution in [2.75, 3.05) is 26.4 Å². The first kappa shape index (κ1) is 12.6. The van der Waals surface area contributed by atoms with E-state index in [1.54, 1.807) is 0 Å². The van der Waals surface area contributed by atoms with Gasteiger partial charge in [0.2, 0.25) is 0 Å². The molecule has 3 rings (SSSR count). The Morgan fingerprint density at radius 3 is 1.67 bits per heavy atom. The molecule has 2 aliphatic heterocycles. The highest BCUT2D eigenvalue weighted by Crippen LogP contribution is 2.58. The fraction of sp³-hybridized carbons (Fsp3) is 0.857. The molecule has 0 radical (unpaired) electrons. The van der Waals surface area contributed by atoms with Crippen molar-refractivity contribution in [2.45, 2.75) is 44.7 Å². The summed E-state index contributed by atoms with van der Waals surface area (Å²) in [7, 11) is 0. The molecule has 1 saturated carbocycles. The van der Waals surface area contributed by atoms with Gasteiger partial charge in [0, 0.05) is 12.8 Å². The summed E-state index contributed by atoms with van der Waals surface area (Å²) >= 11 is 0. The van der Waals surface area contributed by atoms with E-state index in [0.29, 0.717) is 26.4 Å². The first-order valence-electron chi connectivity index (χ1n) is 6.88. The number of allylic oxidation sites excluding steroid dienone is 1. The summed E-state index contributed by atoms with van der Waals surface area (Å²) in [6, 6.07) is 0. The van der Waals surface area contributed by atoms with Crippen molar-refractivity contribution in [3.8, 4) is 0 Å². The normalized spacial score (nSPS) is 32.8. The molecule has 0 bridgehead atoms. The van der Waals surface area contributed by atoms with Crippen molar-refractivity contribution in [2.24, 2.45) is 5.41 Å². The maximum Gasteiger partial charge on any atom is 0.182 e. The van der Waals surface area contributed by atoms with Crippen LogP contribution in [0.4, 0.5) is 0 Å². The lowest BCUT2D eigenvalue weighted by Gasteiger charge is -2.54. The van der Waals surface area contributed by atoms with E-state index in [1.165, 1.54) is 0 Å². The molecule has 2 heterocycles. The average molecular weight is 254 g/mol. The molecule has 4 nitrogen and oxygen atoms in total. The Bertz CT molecular complexity index is 314. The Hall–Kier alpha value is -0.420. The van der Waals surface area contributed by atoms with Crippen molar-refractivity contribution in [3.05, 3.63) is 12.2 Å². The van der Waals surface area contributed by atoms with Crippen LogP contribution in [0.1, 0.15) is 33.1 Å². The molecule has 18 heavy (non-hydrogen) atoms. The van der Waals surface area contributed by atoms with Crippen LogP contribution >= 0.6 is 0 Å². The molecule has 102 valence electrons. The van der Waals surface area contributed by atoms with E-state index in [2.05, 4.69) is 13.0 Å². The molecule has 0 aromatic heterocycles. The van der Waals surface area contributed by atoms with Crippen LogP contribution in [-0.4, -0.2) is 38.0 Å². The zero-order valence-electron chi connectivity index (χ0n) is 11.2. The lowest BCUT2D eigenvalue weighted by Crippen LogP contribution is -2.63. The van der Waals surface area contributed by atoms with Crippen molar-refractivity contribution < 1.29 is 18.9 Å². The largest absolute Gasteiger partial charge is 0.346 e. The summed E-state index contributed by atoms with van der Waals surface area (Å²) in [6.45, 7) is 6.78. The number of hydrogen-bond acceptors (Lipinski definition) is 4. The van der Waals surface area contributed by atoms with Gasteiger partial charge in [-0.2, -0.15) is 0 Å². The number of hydrogen-bond donors (Lipinski definition) is 0. The molecule has 0 unspecified atom stereocenters. The third-order valence-electron chi connectivity index (χ3n) is 4.60. The highest BCUT2D eigenvalue weighted by molar-refractivity contribution is 5.16. The Kier molecular flexibility index (Phi) is 3.01. The van der Waals surface area contributed by atoms with Gasteiger partial charge in [-0.05, 0) is 20.3 Å². The Labute approximate surface area is 108 Å². The van der Waals surface area contributed by atoms with E-state index in [1.807, 2.05) is 13.0 Å². The summed E-state index contributed by atoms with van der Waals surface area (Å²) < 4.78 is 24.0. The minimum atomic E-state index is -0.581. The molecule has 0 amide bonds. The van der Waals surface area contributed by atoms with Crippen molar-refractivity contribution in [3.63, 3.8) is 0 Å². The summed E-state index contributed by atoms with van der Waals surface area (Å²) in [6.07, 6.45) is 7.01. The molecule has 1 aliphatic carbocycles. The minimum Gasteiger partial charge on any atom is -0.346 e. The molecule has 3 fully saturated rings.